The fraction of sp³-hybridized carbons (Fsp3) is 0.148. The molecule has 0 amide bonds. The first kappa shape index (κ1) is 24.1. The average molecular weight is 516 g/mol. The number of nitro groups is 1. The Kier molecular flexibility index (Phi) is 6.41. The van der Waals surface area contributed by atoms with Gasteiger partial charge in [0.1, 0.15) is 11.5 Å². The number of hydrogen-bond acceptors (Lipinski definition) is 8. The number of benzene rings is 2. The van der Waals surface area contributed by atoms with Crippen molar-refractivity contribution in [2.45, 2.75) is 19.9 Å². The van der Waals surface area contributed by atoms with E-state index in [4.69, 9.17) is 9.15 Å². The summed E-state index contributed by atoms with van der Waals surface area (Å²) in [5.74, 6) is 0.150. The number of carbonyl (C=O) groups is 1. The number of esters is 1. The minimum Gasteiger partial charge on any atom is -0.463 e. The van der Waals surface area contributed by atoms with Crippen LogP contribution in [0.5, 0.6) is 0 Å². The van der Waals surface area contributed by atoms with Crippen molar-refractivity contribution in [1.82, 2.24) is 4.57 Å². The van der Waals surface area contributed by atoms with Gasteiger partial charge in [0.2, 0.25) is 0 Å². The number of furan rings is 1. The van der Waals surface area contributed by atoms with E-state index in [0.717, 1.165) is 5.56 Å². The van der Waals surface area contributed by atoms with Crippen LogP contribution in [0.2, 0.25) is 0 Å². The lowest BCUT2D eigenvalue weighted by atomic mass is 9.96. The molecule has 2 aromatic carbocycles. The first-order valence-electron chi connectivity index (χ1n) is 11.5. The van der Waals surface area contributed by atoms with E-state index < -0.39 is 16.9 Å². The number of nitro benzene ring substituents is 1. The van der Waals surface area contributed by atoms with Gasteiger partial charge in [0.05, 0.1) is 38.9 Å². The number of carbonyl (C=O) groups excluding carboxylic acids is 1. The Hall–Kier alpha value is -4.57. The van der Waals surface area contributed by atoms with Crippen molar-refractivity contribution < 1.29 is 18.9 Å². The molecular formula is C27H21N3O6S. The predicted molar refractivity (Wildman–Crippen MR) is 138 cm³/mol. The summed E-state index contributed by atoms with van der Waals surface area (Å²) >= 11 is 1.17. The highest BCUT2D eigenvalue weighted by atomic mass is 32.1. The SMILES string of the molecule is CCOC(=O)C1=C(C)N=c2sc(=Cc3ccc(-c4ccccc4[N+](=O)[O-])o3)c(=O)n2C1c1ccccc1. The summed E-state index contributed by atoms with van der Waals surface area (Å²) in [4.78, 5) is 42.5. The average Bonchev–Trinajstić information content (AvgIpc) is 3.48. The summed E-state index contributed by atoms with van der Waals surface area (Å²) < 4.78 is 13.0. The highest BCUT2D eigenvalue weighted by Gasteiger charge is 2.33. The van der Waals surface area contributed by atoms with E-state index in [0.29, 0.717) is 37.7 Å². The van der Waals surface area contributed by atoms with Gasteiger partial charge in [-0.1, -0.05) is 53.8 Å². The minimum atomic E-state index is -0.696. The summed E-state index contributed by atoms with van der Waals surface area (Å²) in [6.45, 7) is 3.65. The number of hydrogen-bond donors (Lipinski definition) is 0. The molecule has 0 spiro atoms. The molecule has 4 aromatic rings. The van der Waals surface area contributed by atoms with Gasteiger partial charge < -0.3 is 9.15 Å². The molecule has 3 heterocycles. The fourth-order valence-electron chi connectivity index (χ4n) is 4.29. The third kappa shape index (κ3) is 4.43. The lowest BCUT2D eigenvalue weighted by molar-refractivity contribution is -0.384. The predicted octanol–water partition coefficient (Wildman–Crippen LogP) is 3.97. The molecule has 37 heavy (non-hydrogen) atoms. The van der Waals surface area contributed by atoms with Crippen LogP contribution in [-0.4, -0.2) is 22.1 Å². The Balaban J connectivity index is 1.63. The molecule has 186 valence electrons. The van der Waals surface area contributed by atoms with Crippen molar-refractivity contribution >= 4 is 29.1 Å². The molecule has 0 radical (unpaired) electrons. The summed E-state index contributed by atoms with van der Waals surface area (Å²) in [5.41, 5.74) is 1.47. The van der Waals surface area contributed by atoms with Gasteiger partial charge in [-0.05, 0) is 37.6 Å². The van der Waals surface area contributed by atoms with Crippen LogP contribution >= 0.6 is 11.3 Å². The number of aromatic nitrogens is 1. The summed E-state index contributed by atoms with van der Waals surface area (Å²) in [6, 6.07) is 18.1. The standard InChI is InChI=1S/C27H21N3O6S/c1-3-35-26(32)23-16(2)28-27-29(24(23)17-9-5-4-6-10-17)25(31)22(37-27)15-18-13-14-21(36-18)19-11-7-8-12-20(19)30(33)34/h4-15,24H,3H2,1-2H3. The minimum absolute atomic E-state index is 0.0763. The monoisotopic (exact) mass is 515 g/mol. The zero-order valence-corrected chi connectivity index (χ0v) is 20.7. The van der Waals surface area contributed by atoms with Crippen LogP contribution in [0.4, 0.5) is 5.69 Å². The Bertz CT molecular complexity index is 1730. The van der Waals surface area contributed by atoms with E-state index in [1.165, 1.54) is 22.0 Å². The molecule has 0 bridgehead atoms. The van der Waals surface area contributed by atoms with Gasteiger partial charge in [0, 0.05) is 12.1 Å². The van der Waals surface area contributed by atoms with Gasteiger partial charge >= 0.3 is 5.97 Å². The zero-order valence-electron chi connectivity index (χ0n) is 19.9. The number of fused-ring (bicyclic) bond motifs is 1. The number of allylic oxidation sites excluding steroid dienone is 1. The maximum atomic E-state index is 13.6. The fourth-order valence-corrected chi connectivity index (χ4v) is 5.31. The molecule has 0 N–H and O–H groups in total. The quantitative estimate of drug-likeness (QED) is 0.218. The molecule has 0 saturated carbocycles. The first-order chi connectivity index (χ1) is 17.9. The van der Waals surface area contributed by atoms with Crippen molar-refractivity contribution in [2.75, 3.05) is 6.61 Å². The summed E-state index contributed by atoms with van der Waals surface area (Å²) in [6.07, 6.45) is 1.58. The van der Waals surface area contributed by atoms with Gasteiger partial charge in [0.25, 0.3) is 11.2 Å². The summed E-state index contributed by atoms with van der Waals surface area (Å²) in [7, 11) is 0. The van der Waals surface area contributed by atoms with E-state index in [1.54, 1.807) is 50.3 Å². The normalized spacial score (nSPS) is 15.3. The van der Waals surface area contributed by atoms with Crippen molar-refractivity contribution in [1.29, 1.82) is 0 Å². The Labute approximate surface area is 214 Å². The van der Waals surface area contributed by atoms with E-state index >= 15 is 0 Å². The molecule has 1 atom stereocenters. The smallest absolute Gasteiger partial charge is 0.338 e. The summed E-state index contributed by atoms with van der Waals surface area (Å²) in [5, 5.41) is 11.4. The van der Waals surface area contributed by atoms with Crippen LogP contribution in [-0.2, 0) is 9.53 Å². The molecule has 2 aromatic heterocycles. The number of rotatable bonds is 6. The van der Waals surface area contributed by atoms with E-state index in [1.807, 2.05) is 30.3 Å². The second kappa shape index (κ2) is 9.82. The molecule has 9 nitrogen and oxygen atoms in total. The lowest BCUT2D eigenvalue weighted by Crippen LogP contribution is -2.39. The van der Waals surface area contributed by atoms with Crippen LogP contribution < -0.4 is 14.9 Å². The third-order valence-electron chi connectivity index (χ3n) is 5.90. The van der Waals surface area contributed by atoms with Gasteiger partial charge in [0.15, 0.2) is 4.80 Å². The largest absolute Gasteiger partial charge is 0.463 e. The Morgan fingerprint density at radius 2 is 1.89 bits per heavy atom. The highest BCUT2D eigenvalue weighted by Crippen LogP contribution is 2.32. The van der Waals surface area contributed by atoms with Crippen molar-refractivity contribution in [3.8, 4) is 11.3 Å². The van der Waals surface area contributed by atoms with Crippen molar-refractivity contribution in [2.24, 2.45) is 4.99 Å². The molecule has 0 aliphatic carbocycles. The molecule has 0 fully saturated rings. The molecule has 1 aliphatic heterocycles. The van der Waals surface area contributed by atoms with Crippen molar-refractivity contribution in [3.63, 3.8) is 0 Å². The van der Waals surface area contributed by atoms with E-state index in [2.05, 4.69) is 4.99 Å². The number of nitrogens with zero attached hydrogens (tertiary/aromatic N) is 3. The highest BCUT2D eigenvalue weighted by molar-refractivity contribution is 7.07. The van der Waals surface area contributed by atoms with Crippen LogP contribution in [0.15, 0.2) is 92.2 Å². The van der Waals surface area contributed by atoms with Crippen molar-refractivity contribution in [3.05, 3.63) is 119 Å². The van der Waals surface area contributed by atoms with Gasteiger partial charge in [-0.2, -0.15) is 0 Å². The van der Waals surface area contributed by atoms with E-state index in [-0.39, 0.29) is 17.9 Å². The second-order valence-corrected chi connectivity index (χ2v) is 9.20. The topological polar surface area (TPSA) is 117 Å². The van der Waals surface area contributed by atoms with Gasteiger partial charge in [-0.25, -0.2) is 9.79 Å². The number of thiazole rings is 1. The van der Waals surface area contributed by atoms with Gasteiger partial charge in [-0.15, -0.1) is 0 Å². The molecule has 5 rings (SSSR count). The van der Waals surface area contributed by atoms with Crippen LogP contribution in [0.1, 0.15) is 31.2 Å². The third-order valence-corrected chi connectivity index (χ3v) is 6.88. The first-order valence-corrected chi connectivity index (χ1v) is 12.3. The van der Waals surface area contributed by atoms with E-state index in [9.17, 15) is 19.7 Å². The van der Waals surface area contributed by atoms with Gasteiger partial charge in [-0.3, -0.25) is 19.5 Å². The molecular weight excluding hydrogens is 494 g/mol. The van der Waals surface area contributed by atoms with Crippen LogP contribution in [0.3, 0.4) is 0 Å². The van der Waals surface area contributed by atoms with Crippen LogP contribution in [0, 0.1) is 10.1 Å². The molecule has 0 saturated heterocycles. The molecule has 10 heteroatoms. The Morgan fingerprint density at radius 3 is 2.62 bits per heavy atom. The maximum Gasteiger partial charge on any atom is 0.338 e. The Morgan fingerprint density at radius 1 is 1.16 bits per heavy atom. The number of ether oxygens (including phenoxy) is 1. The lowest BCUT2D eigenvalue weighted by Gasteiger charge is -2.24. The second-order valence-electron chi connectivity index (χ2n) is 8.19. The number of para-hydroxylation sites is 1. The maximum absolute atomic E-state index is 13.6. The molecule has 1 aliphatic rings. The zero-order chi connectivity index (χ0) is 26.1. The van der Waals surface area contributed by atoms with Crippen LogP contribution in [0.25, 0.3) is 17.4 Å². The molecule has 1 unspecified atom stereocenters.